The lowest BCUT2D eigenvalue weighted by atomic mass is 9.84. The number of para-hydroxylation sites is 1. The van der Waals surface area contributed by atoms with Gasteiger partial charge in [-0.2, -0.15) is 0 Å². The van der Waals surface area contributed by atoms with E-state index in [4.69, 9.17) is 16.3 Å². The van der Waals surface area contributed by atoms with Gasteiger partial charge >= 0.3 is 0 Å². The molecule has 26 heavy (non-hydrogen) atoms. The van der Waals surface area contributed by atoms with Crippen LogP contribution in [0.15, 0.2) is 42.5 Å². The van der Waals surface area contributed by atoms with Gasteiger partial charge in [0, 0.05) is 28.0 Å². The quantitative estimate of drug-likeness (QED) is 0.590. The highest BCUT2D eigenvalue weighted by Gasteiger charge is 2.47. The van der Waals surface area contributed by atoms with Gasteiger partial charge in [-0.15, -0.1) is 0 Å². The van der Waals surface area contributed by atoms with Gasteiger partial charge < -0.3 is 28.1 Å². The van der Waals surface area contributed by atoms with Crippen molar-refractivity contribution in [3.63, 3.8) is 0 Å². The Morgan fingerprint density at radius 1 is 1.15 bits per heavy atom. The molecule has 2 aromatic carbocycles. The fourth-order valence-electron chi connectivity index (χ4n) is 4.12. The summed E-state index contributed by atoms with van der Waals surface area (Å²) in [4.78, 5) is 21.9. The maximum absolute atomic E-state index is 10.9. The number of ether oxygens (including phenoxy) is 1. The Kier molecular flexibility index (Phi) is 4.39. The van der Waals surface area contributed by atoms with Crippen LogP contribution in [0.3, 0.4) is 0 Å². The summed E-state index contributed by atoms with van der Waals surface area (Å²) in [5, 5.41) is 0.623. The summed E-state index contributed by atoms with van der Waals surface area (Å²) in [6.45, 7) is 1.09. The number of halogens is 1. The summed E-state index contributed by atoms with van der Waals surface area (Å²) in [6, 6.07) is 13.4. The average Bonchev–Trinajstić information content (AvgIpc) is 2.87. The smallest absolute Gasteiger partial charge is 0.187 e. The van der Waals surface area contributed by atoms with E-state index in [9.17, 15) is 14.4 Å². The lowest BCUT2D eigenvalue weighted by molar-refractivity contribution is -0.915. The molecule has 2 aliphatic heterocycles. The van der Waals surface area contributed by atoms with Crippen molar-refractivity contribution in [2.75, 3.05) is 26.9 Å². The number of benzene rings is 2. The number of hydrogen-bond acceptors (Lipinski definition) is 5. The predicted octanol–water partition coefficient (Wildman–Crippen LogP) is 2.58. The third-order valence-corrected chi connectivity index (χ3v) is 5.86. The summed E-state index contributed by atoms with van der Waals surface area (Å²) < 4.78 is 22.0. The first-order valence-corrected chi connectivity index (χ1v) is 10.1. The minimum absolute atomic E-state index is 0.0821. The van der Waals surface area contributed by atoms with Crippen molar-refractivity contribution in [1.82, 2.24) is 0 Å². The van der Waals surface area contributed by atoms with Crippen LogP contribution in [0.1, 0.15) is 23.0 Å². The second-order valence-corrected chi connectivity index (χ2v) is 8.81. The van der Waals surface area contributed by atoms with Crippen LogP contribution in [0.2, 0.25) is 5.02 Å². The Labute approximate surface area is 156 Å². The maximum atomic E-state index is 10.9. The number of hydrogen-bond donors (Lipinski definition) is 0. The first-order chi connectivity index (χ1) is 12.2. The van der Waals surface area contributed by atoms with E-state index in [0.717, 1.165) is 22.6 Å². The number of rotatable bonds is 3. The van der Waals surface area contributed by atoms with Crippen molar-refractivity contribution in [3.05, 3.63) is 58.6 Å². The van der Waals surface area contributed by atoms with E-state index in [1.165, 1.54) is 0 Å². The summed E-state index contributed by atoms with van der Waals surface area (Å²) >= 11 is 6.22. The van der Waals surface area contributed by atoms with E-state index >= 15 is 0 Å². The minimum Gasteiger partial charge on any atom is -0.790 e. The molecule has 2 aromatic rings. The summed E-state index contributed by atoms with van der Waals surface area (Å²) in [7, 11) is -3.11. The first kappa shape index (κ1) is 18.0. The van der Waals surface area contributed by atoms with Crippen LogP contribution in [0.4, 0.5) is 0 Å². The van der Waals surface area contributed by atoms with Crippen molar-refractivity contribution in [2.24, 2.45) is 0 Å². The largest absolute Gasteiger partial charge is 0.790 e. The molecule has 138 valence electrons. The third-order valence-electron chi connectivity index (χ3n) is 5.20. The highest BCUT2D eigenvalue weighted by Crippen LogP contribution is 2.51. The topological polar surface area (TPSA) is 81.7 Å². The molecular formula is C18H18ClNO5P-. The molecule has 0 aromatic heterocycles. The maximum Gasteiger partial charge on any atom is 0.187 e. The zero-order valence-corrected chi connectivity index (χ0v) is 15.8. The zero-order valence-electron chi connectivity index (χ0n) is 14.1. The van der Waals surface area contributed by atoms with Crippen LogP contribution in [0.5, 0.6) is 11.5 Å². The number of nitrogens with zero attached hydrogens (tertiary/aromatic N) is 1. The second-order valence-electron chi connectivity index (χ2n) is 7.23. The van der Waals surface area contributed by atoms with Crippen LogP contribution in [-0.2, 0) is 9.09 Å². The number of quaternary nitrogens is 1. The van der Waals surface area contributed by atoms with Crippen LogP contribution in [-0.4, -0.2) is 31.4 Å². The van der Waals surface area contributed by atoms with Gasteiger partial charge in [-0.1, -0.05) is 29.8 Å². The van der Waals surface area contributed by atoms with Crippen molar-refractivity contribution < 1.29 is 28.1 Å². The molecule has 3 unspecified atom stereocenters. The average molecular weight is 395 g/mol. The molecule has 1 fully saturated rings. The summed E-state index contributed by atoms with van der Waals surface area (Å²) in [5.74, 6) is 1.73. The van der Waals surface area contributed by atoms with Crippen LogP contribution in [0.25, 0.3) is 0 Å². The van der Waals surface area contributed by atoms with Gasteiger partial charge in [0.1, 0.15) is 11.5 Å². The summed E-state index contributed by atoms with van der Waals surface area (Å²) in [6.07, 6.45) is 0. The van der Waals surface area contributed by atoms with Crippen molar-refractivity contribution >= 4 is 19.4 Å². The molecule has 6 nitrogen and oxygen atoms in total. The molecule has 2 heterocycles. The molecule has 1 saturated heterocycles. The Bertz CT molecular complexity index is 901. The fourth-order valence-corrected chi connectivity index (χ4v) is 4.73. The standard InChI is InChI=1S/C18H19ClNO5P/c1-20(11-24-26(21,22)23)9-15-13-4-2-3-5-17(13)25-18-7-6-12(19)8-14(18)16(15)10-20/h2-8,15-16H,9-11H2,1H3,(H-,21,22,23)/p-1. The molecule has 8 heteroatoms. The monoisotopic (exact) mass is 394 g/mol. The van der Waals surface area contributed by atoms with Gasteiger partial charge in [-0.25, -0.2) is 0 Å². The lowest BCUT2D eigenvalue weighted by Gasteiger charge is -2.35. The number of phosphoric acid groups is 1. The van der Waals surface area contributed by atoms with Gasteiger partial charge in [0.25, 0.3) is 0 Å². The van der Waals surface area contributed by atoms with Crippen LogP contribution >= 0.6 is 19.4 Å². The molecule has 3 atom stereocenters. The summed E-state index contributed by atoms with van der Waals surface area (Å²) in [5.41, 5.74) is 2.06. The Balaban J connectivity index is 1.76. The van der Waals surface area contributed by atoms with E-state index in [0.29, 0.717) is 22.6 Å². The molecule has 0 bridgehead atoms. The van der Waals surface area contributed by atoms with E-state index in [-0.39, 0.29) is 18.6 Å². The highest BCUT2D eigenvalue weighted by molar-refractivity contribution is 7.43. The minimum atomic E-state index is -5.01. The number of fused-ring (bicyclic) bond motifs is 5. The lowest BCUT2D eigenvalue weighted by Crippen LogP contribution is -2.44. The van der Waals surface area contributed by atoms with Gasteiger partial charge in [0.2, 0.25) is 0 Å². The van der Waals surface area contributed by atoms with E-state index in [1.54, 1.807) is 6.07 Å². The van der Waals surface area contributed by atoms with Crippen LogP contribution in [0, 0.1) is 0 Å². The molecule has 4 rings (SSSR count). The molecule has 0 spiro atoms. The number of phosphoric ester groups is 1. The SMILES string of the molecule is C[N+]1(COP(=O)([O-])[O-])CC2c3ccccc3Oc3ccc(Cl)cc3C2C1. The molecule has 0 saturated carbocycles. The number of likely N-dealkylation sites (N-methyl/N-ethyl adjacent to an activating group) is 1. The van der Waals surface area contributed by atoms with Gasteiger partial charge in [0.15, 0.2) is 6.73 Å². The normalized spacial score (nSPS) is 27.1. The van der Waals surface area contributed by atoms with Crippen molar-refractivity contribution in [3.8, 4) is 11.5 Å². The van der Waals surface area contributed by atoms with Crippen LogP contribution < -0.4 is 14.5 Å². The van der Waals surface area contributed by atoms with Gasteiger partial charge in [0.05, 0.1) is 28.0 Å². The first-order valence-electron chi connectivity index (χ1n) is 8.30. The van der Waals surface area contributed by atoms with Gasteiger partial charge in [-0.05, 0) is 24.3 Å². The predicted molar refractivity (Wildman–Crippen MR) is 92.9 cm³/mol. The molecule has 0 amide bonds. The Morgan fingerprint density at radius 2 is 1.81 bits per heavy atom. The Morgan fingerprint density at radius 3 is 2.54 bits per heavy atom. The second kappa shape index (κ2) is 6.34. The van der Waals surface area contributed by atoms with Crippen molar-refractivity contribution in [2.45, 2.75) is 11.8 Å². The van der Waals surface area contributed by atoms with Gasteiger partial charge in [-0.3, -0.25) is 0 Å². The Hall–Kier alpha value is -1.40. The zero-order chi connectivity index (χ0) is 18.5. The molecule has 0 N–H and O–H groups in total. The highest BCUT2D eigenvalue weighted by atomic mass is 35.5. The fraction of sp³-hybridized carbons (Fsp3) is 0.333. The van der Waals surface area contributed by atoms with E-state index < -0.39 is 7.82 Å². The molecule has 2 aliphatic rings. The molecular weight excluding hydrogens is 377 g/mol. The van der Waals surface area contributed by atoms with Crippen molar-refractivity contribution in [1.29, 1.82) is 0 Å². The third kappa shape index (κ3) is 3.41. The number of likely N-dealkylation sites (tertiary alicyclic amines) is 1. The molecule has 0 aliphatic carbocycles. The van der Waals surface area contributed by atoms with E-state index in [1.807, 2.05) is 43.4 Å². The molecule has 0 radical (unpaired) electrons. The van der Waals surface area contributed by atoms with E-state index in [2.05, 4.69) is 4.52 Å².